The maximum atomic E-state index is 5.95. The molecule has 1 unspecified atom stereocenters. The lowest BCUT2D eigenvalue weighted by Gasteiger charge is -2.10. The highest BCUT2D eigenvalue weighted by Crippen LogP contribution is 2.27. The molecule has 0 radical (unpaired) electrons. The molecular weight excluding hydrogens is 286 g/mol. The van der Waals surface area contributed by atoms with Gasteiger partial charge in [0.15, 0.2) is 0 Å². The summed E-state index contributed by atoms with van der Waals surface area (Å²) in [7, 11) is 0. The second-order valence-electron chi connectivity index (χ2n) is 3.58. The number of pyridine rings is 1. The summed E-state index contributed by atoms with van der Waals surface area (Å²) in [6.45, 7) is 0. The minimum atomic E-state index is 0.300. The van der Waals surface area contributed by atoms with E-state index in [2.05, 4.69) is 27.0 Å². The van der Waals surface area contributed by atoms with Crippen molar-refractivity contribution in [2.45, 2.75) is 11.2 Å². The third kappa shape index (κ3) is 3.06. The van der Waals surface area contributed by atoms with Crippen molar-refractivity contribution in [3.8, 4) is 0 Å². The topological polar surface area (TPSA) is 12.9 Å². The van der Waals surface area contributed by atoms with Crippen molar-refractivity contribution >= 4 is 27.5 Å². The summed E-state index contributed by atoms with van der Waals surface area (Å²) >= 11 is 9.63. The Morgan fingerprint density at radius 3 is 2.62 bits per heavy atom. The summed E-state index contributed by atoms with van der Waals surface area (Å²) in [6.07, 6.45) is 4.54. The monoisotopic (exact) mass is 295 g/mol. The van der Waals surface area contributed by atoms with E-state index < -0.39 is 0 Å². The third-order valence-corrected chi connectivity index (χ3v) is 3.46. The van der Waals surface area contributed by atoms with Crippen LogP contribution in [0.25, 0.3) is 0 Å². The molecule has 0 spiro atoms. The lowest BCUT2D eigenvalue weighted by Crippen LogP contribution is -1.95. The Morgan fingerprint density at radius 1 is 1.19 bits per heavy atom. The molecule has 2 rings (SSSR count). The van der Waals surface area contributed by atoms with Gasteiger partial charge in [-0.15, -0.1) is 0 Å². The van der Waals surface area contributed by atoms with E-state index >= 15 is 0 Å². The van der Waals surface area contributed by atoms with Crippen LogP contribution >= 0.6 is 27.5 Å². The first-order chi connectivity index (χ1) is 7.75. The van der Waals surface area contributed by atoms with Gasteiger partial charge in [0, 0.05) is 22.2 Å². The molecular formula is C13H11BrClN. The largest absolute Gasteiger partial charge is 0.265 e. The first-order valence-corrected chi connectivity index (χ1v) is 6.33. The number of nitrogens with zero attached hydrogens (tertiary/aromatic N) is 1. The van der Waals surface area contributed by atoms with Crippen LogP contribution in [0.1, 0.15) is 16.0 Å². The molecule has 1 nitrogen and oxygen atoms in total. The minimum absolute atomic E-state index is 0.300. The SMILES string of the molecule is Clc1cccc(CC(Br)c2ccncc2)c1. The Labute approximate surface area is 109 Å². The van der Waals surface area contributed by atoms with Crippen molar-refractivity contribution in [1.29, 1.82) is 0 Å². The molecule has 0 aliphatic rings. The summed E-state index contributed by atoms with van der Waals surface area (Å²) in [5.41, 5.74) is 2.46. The Balaban J connectivity index is 2.11. The summed E-state index contributed by atoms with van der Waals surface area (Å²) in [5, 5.41) is 0.784. The van der Waals surface area contributed by atoms with Crippen molar-refractivity contribution in [1.82, 2.24) is 4.98 Å². The highest BCUT2D eigenvalue weighted by Gasteiger charge is 2.08. The summed E-state index contributed by atoms with van der Waals surface area (Å²) in [5.74, 6) is 0. The lowest BCUT2D eigenvalue weighted by molar-refractivity contribution is 0.944. The molecule has 3 heteroatoms. The van der Waals surface area contributed by atoms with Crippen LogP contribution in [-0.4, -0.2) is 4.98 Å². The molecule has 0 fully saturated rings. The molecule has 0 aliphatic carbocycles. The standard InChI is InChI=1S/C13H11BrClN/c14-13(11-4-6-16-7-5-11)9-10-2-1-3-12(15)8-10/h1-8,13H,9H2. The number of hydrogen-bond donors (Lipinski definition) is 0. The summed E-state index contributed by atoms with van der Waals surface area (Å²) < 4.78 is 0. The zero-order valence-corrected chi connectivity index (χ0v) is 10.9. The van der Waals surface area contributed by atoms with E-state index in [1.807, 2.05) is 42.7 Å². The fraction of sp³-hybridized carbons (Fsp3) is 0.154. The van der Waals surface area contributed by atoms with Gasteiger partial charge in [-0.1, -0.05) is 39.7 Å². The molecule has 1 aromatic heterocycles. The lowest BCUT2D eigenvalue weighted by atomic mass is 10.1. The van der Waals surface area contributed by atoms with Gasteiger partial charge in [-0.2, -0.15) is 0 Å². The van der Waals surface area contributed by atoms with Crippen LogP contribution in [0.15, 0.2) is 48.8 Å². The summed E-state index contributed by atoms with van der Waals surface area (Å²) in [6, 6.07) is 12.0. The smallest absolute Gasteiger partial charge is 0.0436 e. The van der Waals surface area contributed by atoms with Gasteiger partial charge in [0.05, 0.1) is 0 Å². The van der Waals surface area contributed by atoms with Gasteiger partial charge in [0.2, 0.25) is 0 Å². The van der Waals surface area contributed by atoms with Crippen LogP contribution in [0.3, 0.4) is 0 Å². The number of rotatable bonds is 3. The number of aromatic nitrogens is 1. The van der Waals surface area contributed by atoms with Crippen molar-refractivity contribution in [3.05, 3.63) is 64.9 Å². The van der Waals surface area contributed by atoms with Crippen LogP contribution in [0.4, 0.5) is 0 Å². The molecule has 0 aliphatic heterocycles. The predicted octanol–water partition coefficient (Wildman–Crippen LogP) is 4.41. The van der Waals surface area contributed by atoms with Crippen LogP contribution in [0, 0.1) is 0 Å². The number of halogens is 2. The van der Waals surface area contributed by atoms with Gasteiger partial charge in [-0.3, -0.25) is 4.98 Å². The Bertz CT molecular complexity index is 458. The maximum absolute atomic E-state index is 5.95. The molecule has 82 valence electrons. The van der Waals surface area contributed by atoms with E-state index in [-0.39, 0.29) is 0 Å². The molecule has 1 aromatic carbocycles. The number of alkyl halides is 1. The normalized spacial score (nSPS) is 12.4. The Kier molecular flexibility index (Phi) is 3.97. The third-order valence-electron chi connectivity index (χ3n) is 2.37. The Hall–Kier alpha value is -0.860. The number of hydrogen-bond acceptors (Lipinski definition) is 1. The molecule has 0 N–H and O–H groups in total. The van der Waals surface area contributed by atoms with Gasteiger partial charge in [-0.05, 0) is 41.8 Å². The average Bonchev–Trinajstić information content (AvgIpc) is 2.30. The quantitative estimate of drug-likeness (QED) is 0.764. The van der Waals surface area contributed by atoms with Gasteiger partial charge in [0.25, 0.3) is 0 Å². The van der Waals surface area contributed by atoms with Crippen molar-refractivity contribution in [2.75, 3.05) is 0 Å². The van der Waals surface area contributed by atoms with Crippen molar-refractivity contribution in [3.63, 3.8) is 0 Å². The average molecular weight is 297 g/mol. The molecule has 0 saturated heterocycles. The summed E-state index contributed by atoms with van der Waals surface area (Å²) in [4.78, 5) is 4.31. The van der Waals surface area contributed by atoms with E-state index in [0.29, 0.717) is 4.83 Å². The molecule has 0 saturated carbocycles. The molecule has 0 bridgehead atoms. The van der Waals surface area contributed by atoms with Gasteiger partial charge in [-0.25, -0.2) is 0 Å². The molecule has 2 aromatic rings. The fourth-order valence-corrected chi connectivity index (χ4v) is 2.45. The van der Waals surface area contributed by atoms with Crippen LogP contribution in [0.5, 0.6) is 0 Å². The van der Waals surface area contributed by atoms with Gasteiger partial charge >= 0.3 is 0 Å². The van der Waals surface area contributed by atoms with E-state index in [9.17, 15) is 0 Å². The van der Waals surface area contributed by atoms with Crippen molar-refractivity contribution in [2.24, 2.45) is 0 Å². The highest BCUT2D eigenvalue weighted by atomic mass is 79.9. The fourth-order valence-electron chi connectivity index (χ4n) is 1.56. The molecule has 0 amide bonds. The van der Waals surface area contributed by atoms with Crippen molar-refractivity contribution < 1.29 is 0 Å². The molecule has 1 heterocycles. The predicted molar refractivity (Wildman–Crippen MR) is 71.1 cm³/mol. The molecule has 16 heavy (non-hydrogen) atoms. The number of benzene rings is 1. The van der Waals surface area contributed by atoms with Crippen LogP contribution < -0.4 is 0 Å². The van der Waals surface area contributed by atoms with E-state index in [1.165, 1.54) is 11.1 Å². The Morgan fingerprint density at radius 2 is 1.94 bits per heavy atom. The first-order valence-electron chi connectivity index (χ1n) is 5.04. The zero-order chi connectivity index (χ0) is 11.4. The zero-order valence-electron chi connectivity index (χ0n) is 8.61. The van der Waals surface area contributed by atoms with Gasteiger partial charge in [0.1, 0.15) is 0 Å². The van der Waals surface area contributed by atoms with Gasteiger partial charge < -0.3 is 0 Å². The minimum Gasteiger partial charge on any atom is -0.265 e. The molecule has 1 atom stereocenters. The van der Waals surface area contributed by atoms with Crippen LogP contribution in [0.2, 0.25) is 5.02 Å². The van der Waals surface area contributed by atoms with E-state index in [1.54, 1.807) is 0 Å². The second kappa shape index (κ2) is 5.46. The van der Waals surface area contributed by atoms with E-state index in [0.717, 1.165) is 11.4 Å². The van der Waals surface area contributed by atoms with Crippen LogP contribution in [-0.2, 0) is 6.42 Å². The second-order valence-corrected chi connectivity index (χ2v) is 5.12. The maximum Gasteiger partial charge on any atom is 0.0436 e. The first kappa shape index (κ1) is 11.6. The highest BCUT2D eigenvalue weighted by molar-refractivity contribution is 9.09. The van der Waals surface area contributed by atoms with E-state index in [4.69, 9.17) is 11.6 Å².